The molecule has 20 heavy (non-hydrogen) atoms. The van der Waals surface area contributed by atoms with Crippen molar-refractivity contribution in [1.29, 1.82) is 0 Å². The Kier molecular flexibility index (Phi) is 3.98. The highest BCUT2D eigenvalue weighted by atomic mass is 31.1. The van der Waals surface area contributed by atoms with E-state index in [1.54, 1.807) is 0 Å². The molecule has 3 fully saturated rings. The molecule has 0 atom stereocenters. The van der Waals surface area contributed by atoms with Crippen LogP contribution in [0.25, 0.3) is 0 Å². The van der Waals surface area contributed by atoms with Gasteiger partial charge in [0, 0.05) is 12.8 Å². The second-order valence-electron chi connectivity index (χ2n) is 8.25. The Morgan fingerprint density at radius 1 is 0.800 bits per heavy atom. The maximum atomic E-state index is 6.08. The summed E-state index contributed by atoms with van der Waals surface area (Å²) in [5.41, 5.74) is 0.975. The zero-order chi connectivity index (χ0) is 14.4. The monoisotopic (exact) mass is 298 g/mol. The van der Waals surface area contributed by atoms with E-state index in [2.05, 4.69) is 27.7 Å². The fraction of sp³-hybridized carbons (Fsp3) is 1.00. The van der Waals surface area contributed by atoms with Gasteiger partial charge in [-0.05, 0) is 28.8 Å². The van der Waals surface area contributed by atoms with Gasteiger partial charge in [0.25, 0.3) is 0 Å². The maximum Gasteiger partial charge on any atom is 0.170 e. The van der Waals surface area contributed by atoms with Gasteiger partial charge < -0.3 is 9.47 Å². The Bertz CT molecular complexity index is 332. The quantitative estimate of drug-likeness (QED) is 0.641. The van der Waals surface area contributed by atoms with E-state index in [1.807, 2.05) is 0 Å². The molecule has 3 aliphatic rings. The van der Waals surface area contributed by atoms with Crippen LogP contribution in [0.1, 0.15) is 72.6 Å². The second-order valence-corrected chi connectivity index (χ2v) is 12.1. The molecule has 116 valence electrons. The average Bonchev–Trinajstić information content (AvgIpc) is 2.74. The van der Waals surface area contributed by atoms with Gasteiger partial charge in [-0.3, -0.25) is 0 Å². The van der Waals surface area contributed by atoms with E-state index >= 15 is 0 Å². The van der Waals surface area contributed by atoms with Gasteiger partial charge >= 0.3 is 0 Å². The summed E-state index contributed by atoms with van der Waals surface area (Å²) in [5, 5.41) is 0.757. The molecule has 3 heteroatoms. The lowest BCUT2D eigenvalue weighted by Crippen LogP contribution is -2.52. The van der Waals surface area contributed by atoms with E-state index in [1.165, 1.54) is 32.1 Å². The minimum absolute atomic E-state index is 0.0215. The van der Waals surface area contributed by atoms with Crippen LogP contribution in [0, 0.1) is 0 Å². The SMILES string of the molecule is CC1(C)CC2(CC(C)(C)P1C1CCCCC1)OCCO2. The lowest BCUT2D eigenvalue weighted by molar-refractivity contribution is -0.178. The van der Waals surface area contributed by atoms with Crippen molar-refractivity contribution in [1.82, 2.24) is 0 Å². The van der Waals surface area contributed by atoms with E-state index in [0.29, 0.717) is 10.3 Å². The smallest absolute Gasteiger partial charge is 0.170 e. The zero-order valence-electron chi connectivity index (χ0n) is 13.7. The van der Waals surface area contributed by atoms with E-state index in [4.69, 9.17) is 9.47 Å². The third kappa shape index (κ3) is 2.69. The van der Waals surface area contributed by atoms with Crippen molar-refractivity contribution in [2.75, 3.05) is 13.2 Å². The van der Waals surface area contributed by atoms with Gasteiger partial charge in [0.2, 0.25) is 0 Å². The molecule has 0 aromatic carbocycles. The van der Waals surface area contributed by atoms with Crippen molar-refractivity contribution in [3.05, 3.63) is 0 Å². The van der Waals surface area contributed by atoms with Crippen molar-refractivity contribution >= 4 is 7.92 Å². The molecule has 2 heterocycles. The predicted octanol–water partition coefficient (Wildman–Crippen LogP) is 4.90. The van der Waals surface area contributed by atoms with Crippen LogP contribution < -0.4 is 0 Å². The van der Waals surface area contributed by atoms with Gasteiger partial charge in [-0.2, -0.15) is 0 Å². The Hall–Kier alpha value is 0.350. The molecule has 2 saturated heterocycles. The van der Waals surface area contributed by atoms with Crippen molar-refractivity contribution in [2.24, 2.45) is 0 Å². The molecule has 1 spiro atoms. The van der Waals surface area contributed by atoms with Gasteiger partial charge in [0.05, 0.1) is 13.2 Å². The number of ether oxygens (including phenoxy) is 2. The molecular formula is C17H31O2P. The molecule has 0 N–H and O–H groups in total. The fourth-order valence-corrected chi connectivity index (χ4v) is 10.7. The first-order valence-corrected chi connectivity index (χ1v) is 9.83. The Morgan fingerprint density at radius 3 is 1.80 bits per heavy atom. The summed E-state index contributed by atoms with van der Waals surface area (Å²) >= 11 is 0. The first-order chi connectivity index (χ1) is 9.35. The van der Waals surface area contributed by atoms with Crippen LogP contribution in [0.2, 0.25) is 0 Å². The van der Waals surface area contributed by atoms with Crippen LogP contribution in [-0.4, -0.2) is 35.0 Å². The summed E-state index contributed by atoms with van der Waals surface area (Å²) in [5.74, 6) is -0.263. The van der Waals surface area contributed by atoms with Crippen molar-refractivity contribution in [3.8, 4) is 0 Å². The maximum absolute atomic E-state index is 6.08. The van der Waals surface area contributed by atoms with E-state index in [9.17, 15) is 0 Å². The number of hydrogen-bond acceptors (Lipinski definition) is 2. The average molecular weight is 298 g/mol. The van der Waals surface area contributed by atoms with Gasteiger partial charge in [0.1, 0.15) is 0 Å². The largest absolute Gasteiger partial charge is 0.347 e. The Morgan fingerprint density at radius 2 is 1.30 bits per heavy atom. The summed E-state index contributed by atoms with van der Waals surface area (Å²) in [7, 11) is 0.0215. The number of hydrogen-bond donors (Lipinski definition) is 0. The fourth-order valence-electron chi connectivity index (χ4n) is 5.40. The highest BCUT2D eigenvalue weighted by Crippen LogP contribution is 2.72. The van der Waals surface area contributed by atoms with Crippen LogP contribution in [0.4, 0.5) is 0 Å². The van der Waals surface area contributed by atoms with Gasteiger partial charge in [0.15, 0.2) is 5.79 Å². The van der Waals surface area contributed by atoms with Crippen LogP contribution in [0.5, 0.6) is 0 Å². The highest BCUT2D eigenvalue weighted by Gasteiger charge is 2.57. The van der Waals surface area contributed by atoms with Crippen LogP contribution in [-0.2, 0) is 9.47 Å². The number of rotatable bonds is 1. The summed E-state index contributed by atoms with van der Waals surface area (Å²) in [6.45, 7) is 11.5. The Balaban J connectivity index is 1.86. The topological polar surface area (TPSA) is 18.5 Å². The molecule has 1 aliphatic carbocycles. The first-order valence-electron chi connectivity index (χ1n) is 8.42. The van der Waals surface area contributed by atoms with Crippen molar-refractivity contribution in [2.45, 2.75) is 94.4 Å². The molecule has 2 nitrogen and oxygen atoms in total. The summed E-state index contributed by atoms with van der Waals surface area (Å²) < 4.78 is 12.2. The standard InChI is InChI=1S/C17H31O2P/c1-15(2)12-17(18-10-11-19-17)13-16(3,4)20(15)14-8-6-5-7-9-14/h14H,5-13H2,1-4H3. The second kappa shape index (κ2) is 5.21. The van der Waals surface area contributed by atoms with Gasteiger partial charge in [-0.25, -0.2) is 0 Å². The molecule has 0 bridgehead atoms. The Labute approximate surface area is 125 Å². The molecular weight excluding hydrogens is 267 g/mol. The van der Waals surface area contributed by atoms with Crippen molar-refractivity contribution in [3.63, 3.8) is 0 Å². The van der Waals surface area contributed by atoms with Gasteiger partial charge in [-0.15, -0.1) is 0 Å². The van der Waals surface area contributed by atoms with E-state index in [-0.39, 0.29) is 13.7 Å². The highest BCUT2D eigenvalue weighted by molar-refractivity contribution is 7.61. The summed E-state index contributed by atoms with van der Waals surface area (Å²) in [4.78, 5) is 0. The van der Waals surface area contributed by atoms with Crippen LogP contribution >= 0.6 is 7.92 Å². The minimum Gasteiger partial charge on any atom is -0.347 e. The molecule has 2 aliphatic heterocycles. The first kappa shape index (κ1) is 15.3. The third-order valence-corrected chi connectivity index (χ3v) is 9.63. The predicted molar refractivity (Wildman–Crippen MR) is 85.8 cm³/mol. The third-order valence-electron chi connectivity index (χ3n) is 5.46. The van der Waals surface area contributed by atoms with Crippen molar-refractivity contribution < 1.29 is 9.47 Å². The van der Waals surface area contributed by atoms with Crippen LogP contribution in [0.3, 0.4) is 0 Å². The van der Waals surface area contributed by atoms with Crippen LogP contribution in [0.15, 0.2) is 0 Å². The molecule has 3 rings (SSSR count). The van der Waals surface area contributed by atoms with Gasteiger partial charge in [-0.1, -0.05) is 54.9 Å². The summed E-state index contributed by atoms with van der Waals surface area (Å²) in [6.07, 6.45) is 9.50. The molecule has 0 aromatic rings. The summed E-state index contributed by atoms with van der Waals surface area (Å²) in [6, 6.07) is 0. The normalized spacial score (nSPS) is 33.6. The zero-order valence-corrected chi connectivity index (χ0v) is 14.6. The molecule has 0 radical (unpaired) electrons. The molecule has 0 amide bonds. The molecule has 0 unspecified atom stereocenters. The minimum atomic E-state index is -0.263. The molecule has 1 saturated carbocycles. The lowest BCUT2D eigenvalue weighted by Gasteiger charge is -2.58. The molecule has 0 aromatic heterocycles. The van der Waals surface area contributed by atoms with E-state index < -0.39 is 0 Å². The van der Waals surface area contributed by atoms with E-state index in [0.717, 1.165) is 31.7 Å². The lowest BCUT2D eigenvalue weighted by atomic mass is 9.91.